The van der Waals surface area contributed by atoms with Gasteiger partial charge >= 0.3 is 6.09 Å². The molecule has 1 fully saturated rings. The average molecular weight is 422 g/mol. The second kappa shape index (κ2) is 7.90. The van der Waals surface area contributed by atoms with E-state index < -0.39 is 6.09 Å². The second-order valence-electron chi connectivity index (χ2n) is 8.77. The van der Waals surface area contributed by atoms with Crippen molar-refractivity contribution in [3.8, 4) is 0 Å². The number of amides is 2. The van der Waals surface area contributed by atoms with E-state index in [0.717, 1.165) is 5.39 Å². The van der Waals surface area contributed by atoms with Gasteiger partial charge in [0.2, 0.25) is 0 Å². The maximum absolute atomic E-state index is 12.7. The Balaban J connectivity index is 1.63. The summed E-state index contributed by atoms with van der Waals surface area (Å²) < 4.78 is 0. The number of para-hydroxylation sites is 1. The van der Waals surface area contributed by atoms with E-state index in [0.29, 0.717) is 42.5 Å². The van der Waals surface area contributed by atoms with Crippen molar-refractivity contribution in [2.24, 2.45) is 5.41 Å². The van der Waals surface area contributed by atoms with Crippen LogP contribution in [0.25, 0.3) is 11.0 Å². The Morgan fingerprint density at radius 2 is 1.90 bits per heavy atom. The van der Waals surface area contributed by atoms with Crippen molar-refractivity contribution in [1.82, 2.24) is 19.9 Å². The first-order valence-electron chi connectivity index (χ1n) is 10.2. The van der Waals surface area contributed by atoms with Crippen molar-refractivity contribution < 1.29 is 14.7 Å². The van der Waals surface area contributed by atoms with Gasteiger partial charge in [-0.1, -0.05) is 39.0 Å². The molecular formula is C22H26N6O3. The highest BCUT2D eigenvalue weighted by Gasteiger charge is 2.38. The molecule has 3 aromatic rings. The number of hydrogen-bond donors (Lipinski definition) is 3. The van der Waals surface area contributed by atoms with E-state index in [4.69, 9.17) is 0 Å². The van der Waals surface area contributed by atoms with E-state index in [1.807, 2.05) is 51.1 Å². The predicted octanol–water partition coefficient (Wildman–Crippen LogP) is 3.42. The number of hydrogen-bond acceptors (Lipinski definition) is 5. The molecule has 1 aliphatic rings. The van der Waals surface area contributed by atoms with Gasteiger partial charge in [0, 0.05) is 25.3 Å². The molecule has 0 saturated carbocycles. The van der Waals surface area contributed by atoms with Gasteiger partial charge in [-0.15, -0.1) is 0 Å². The average Bonchev–Trinajstić information content (AvgIpc) is 3.18. The fraction of sp³-hybridized carbons (Fsp3) is 0.364. The van der Waals surface area contributed by atoms with Gasteiger partial charge in [-0.25, -0.2) is 14.8 Å². The Kier molecular flexibility index (Phi) is 5.26. The number of fused-ring (bicyclic) bond motifs is 1. The van der Waals surface area contributed by atoms with Crippen molar-refractivity contribution >= 4 is 34.5 Å². The molecule has 2 amide bonds. The first kappa shape index (κ1) is 20.6. The van der Waals surface area contributed by atoms with Crippen molar-refractivity contribution in [2.45, 2.75) is 26.8 Å². The summed E-state index contributed by atoms with van der Waals surface area (Å²) in [6.45, 7) is 7.52. The van der Waals surface area contributed by atoms with Gasteiger partial charge in [-0.3, -0.25) is 4.79 Å². The topological polar surface area (TPSA) is 114 Å². The van der Waals surface area contributed by atoms with Crippen LogP contribution in [0.4, 0.5) is 16.3 Å². The van der Waals surface area contributed by atoms with E-state index in [1.54, 1.807) is 6.07 Å². The van der Waals surface area contributed by atoms with Crippen LogP contribution in [0, 0.1) is 5.41 Å². The molecule has 1 atom stereocenters. The number of benzene rings is 1. The number of aromatic amines is 1. The quantitative estimate of drug-likeness (QED) is 0.596. The van der Waals surface area contributed by atoms with Crippen LogP contribution in [-0.4, -0.2) is 62.6 Å². The molecular weight excluding hydrogens is 396 g/mol. The highest BCUT2D eigenvalue weighted by Crippen LogP contribution is 2.32. The maximum atomic E-state index is 12.7. The number of rotatable bonds is 3. The van der Waals surface area contributed by atoms with E-state index in [-0.39, 0.29) is 17.4 Å². The third-order valence-corrected chi connectivity index (χ3v) is 5.61. The summed E-state index contributed by atoms with van der Waals surface area (Å²) >= 11 is 0. The zero-order valence-electron chi connectivity index (χ0n) is 17.8. The van der Waals surface area contributed by atoms with Gasteiger partial charge in [0.15, 0.2) is 0 Å². The van der Waals surface area contributed by atoms with Gasteiger partial charge in [0.05, 0.1) is 11.4 Å². The first-order chi connectivity index (χ1) is 14.7. The predicted molar refractivity (Wildman–Crippen MR) is 118 cm³/mol. The van der Waals surface area contributed by atoms with Crippen LogP contribution in [0.1, 0.15) is 31.3 Å². The van der Waals surface area contributed by atoms with Crippen LogP contribution in [0.15, 0.2) is 42.7 Å². The van der Waals surface area contributed by atoms with E-state index in [1.165, 1.54) is 11.2 Å². The summed E-state index contributed by atoms with van der Waals surface area (Å²) in [5.74, 6) is 0.428. The SMILES string of the molecule is CC(C)(C)C1CN(c2ncnc3[nH]c(C(=O)Nc4ccccc4)cc23)CCN1C(=O)O. The number of anilines is 2. The summed E-state index contributed by atoms with van der Waals surface area (Å²) in [7, 11) is 0. The lowest BCUT2D eigenvalue weighted by Crippen LogP contribution is -2.59. The lowest BCUT2D eigenvalue weighted by atomic mass is 9.84. The van der Waals surface area contributed by atoms with Crippen molar-refractivity contribution in [3.63, 3.8) is 0 Å². The zero-order valence-corrected chi connectivity index (χ0v) is 17.8. The first-order valence-corrected chi connectivity index (χ1v) is 10.2. The number of H-pyrrole nitrogens is 1. The van der Waals surface area contributed by atoms with Crippen LogP contribution in [0.3, 0.4) is 0 Å². The maximum Gasteiger partial charge on any atom is 0.407 e. The largest absolute Gasteiger partial charge is 0.465 e. The van der Waals surface area contributed by atoms with Gasteiger partial charge < -0.3 is 25.2 Å². The molecule has 3 heterocycles. The molecule has 1 aliphatic heterocycles. The molecule has 9 nitrogen and oxygen atoms in total. The number of nitrogens with zero attached hydrogens (tertiary/aromatic N) is 4. The minimum Gasteiger partial charge on any atom is -0.465 e. The Labute approximate surface area is 180 Å². The molecule has 0 bridgehead atoms. The Morgan fingerprint density at radius 3 is 2.58 bits per heavy atom. The highest BCUT2D eigenvalue weighted by atomic mass is 16.4. The van der Waals surface area contributed by atoms with Crippen LogP contribution < -0.4 is 10.2 Å². The third-order valence-electron chi connectivity index (χ3n) is 5.61. The number of carbonyl (C=O) groups excluding carboxylic acids is 1. The molecule has 162 valence electrons. The van der Waals surface area contributed by atoms with E-state index >= 15 is 0 Å². The van der Waals surface area contributed by atoms with Crippen LogP contribution in [0.2, 0.25) is 0 Å². The molecule has 2 aromatic heterocycles. The normalized spacial score (nSPS) is 17.1. The second-order valence-corrected chi connectivity index (χ2v) is 8.77. The number of nitrogens with one attached hydrogen (secondary N) is 2. The summed E-state index contributed by atoms with van der Waals surface area (Å²) in [6, 6.07) is 10.8. The van der Waals surface area contributed by atoms with Gasteiger partial charge in [0.25, 0.3) is 5.91 Å². The van der Waals surface area contributed by atoms with Crippen molar-refractivity contribution in [3.05, 3.63) is 48.4 Å². The zero-order chi connectivity index (χ0) is 22.2. The molecule has 0 radical (unpaired) electrons. The third kappa shape index (κ3) is 4.16. The molecule has 0 spiro atoms. The van der Waals surface area contributed by atoms with Crippen molar-refractivity contribution in [1.29, 1.82) is 0 Å². The van der Waals surface area contributed by atoms with Crippen LogP contribution in [-0.2, 0) is 0 Å². The summed E-state index contributed by atoms with van der Waals surface area (Å²) in [6.07, 6.45) is 0.553. The van der Waals surface area contributed by atoms with E-state index in [9.17, 15) is 14.7 Å². The minimum atomic E-state index is -0.908. The molecule has 4 rings (SSSR count). The molecule has 1 saturated heterocycles. The Morgan fingerprint density at radius 1 is 1.16 bits per heavy atom. The number of piperazine rings is 1. The minimum absolute atomic E-state index is 0.191. The molecule has 1 unspecified atom stereocenters. The fourth-order valence-corrected chi connectivity index (χ4v) is 3.97. The highest BCUT2D eigenvalue weighted by molar-refractivity contribution is 6.06. The van der Waals surface area contributed by atoms with E-state index in [2.05, 4.69) is 25.2 Å². The van der Waals surface area contributed by atoms with Crippen LogP contribution in [0.5, 0.6) is 0 Å². The van der Waals surface area contributed by atoms with Gasteiger partial charge in [0.1, 0.15) is 23.5 Å². The summed E-state index contributed by atoms with van der Waals surface area (Å²) in [5.41, 5.74) is 1.42. The smallest absolute Gasteiger partial charge is 0.407 e. The molecule has 31 heavy (non-hydrogen) atoms. The number of carbonyl (C=O) groups is 2. The Bertz CT molecular complexity index is 1110. The molecule has 0 aliphatic carbocycles. The number of carboxylic acid groups (broad SMARTS) is 1. The van der Waals surface area contributed by atoms with Gasteiger partial charge in [-0.2, -0.15) is 0 Å². The fourth-order valence-electron chi connectivity index (χ4n) is 3.97. The van der Waals surface area contributed by atoms with Crippen molar-refractivity contribution in [2.75, 3.05) is 29.9 Å². The monoisotopic (exact) mass is 422 g/mol. The summed E-state index contributed by atoms with van der Waals surface area (Å²) in [4.78, 5) is 39.8. The Hall–Kier alpha value is -3.62. The molecule has 1 aromatic carbocycles. The van der Waals surface area contributed by atoms with Gasteiger partial charge in [-0.05, 0) is 23.6 Å². The standard InChI is InChI=1S/C22H26N6O3/c1-22(2,3)17-12-27(9-10-28(17)21(30)31)19-15-11-16(26-18(15)23-13-24-19)20(29)25-14-7-5-4-6-8-14/h4-8,11,13,17H,9-10,12H2,1-3H3,(H,25,29)(H,30,31)(H,23,24,26). The molecule has 9 heteroatoms. The lowest BCUT2D eigenvalue weighted by Gasteiger charge is -2.46. The van der Waals surface area contributed by atoms with Crippen LogP contribution >= 0.6 is 0 Å². The molecule has 3 N–H and O–H groups in total. The lowest BCUT2D eigenvalue weighted by molar-refractivity contribution is 0.0747. The summed E-state index contributed by atoms with van der Waals surface area (Å²) in [5, 5.41) is 13.2. The number of aromatic nitrogens is 3.